The molecule has 3 rings (SSSR count). The van der Waals surface area contributed by atoms with Crippen molar-refractivity contribution >= 4 is 5.78 Å². The molecule has 2 saturated carbocycles. The molecule has 2 atom stereocenters. The first-order chi connectivity index (χ1) is 9.99. The number of hydrogen-bond donors (Lipinski definition) is 0. The summed E-state index contributed by atoms with van der Waals surface area (Å²) in [7, 11) is 1.64. The fourth-order valence-corrected chi connectivity index (χ4v) is 3.99. The lowest BCUT2D eigenvalue weighted by Gasteiger charge is -2.33. The monoisotopic (exact) mass is 286 g/mol. The van der Waals surface area contributed by atoms with E-state index < -0.39 is 0 Å². The number of ketones is 1. The number of carbonyl (C=O) groups excluding carboxylic acids is 1. The Morgan fingerprint density at radius 2 is 1.86 bits per heavy atom. The van der Waals surface area contributed by atoms with Crippen LogP contribution in [0.3, 0.4) is 0 Å². The van der Waals surface area contributed by atoms with Gasteiger partial charge in [-0.05, 0) is 54.5 Å². The van der Waals surface area contributed by atoms with E-state index in [4.69, 9.17) is 9.47 Å². The van der Waals surface area contributed by atoms with Crippen LogP contribution >= 0.6 is 0 Å². The van der Waals surface area contributed by atoms with Crippen LogP contribution < -0.4 is 9.47 Å². The molecule has 0 amide bonds. The average molecular weight is 286 g/mol. The van der Waals surface area contributed by atoms with Crippen molar-refractivity contribution < 1.29 is 14.3 Å². The molecular weight excluding hydrogens is 264 g/mol. The van der Waals surface area contributed by atoms with Gasteiger partial charge in [0.05, 0.1) is 18.8 Å². The average Bonchev–Trinajstić information content (AvgIpc) is 2.82. The van der Waals surface area contributed by atoms with Crippen molar-refractivity contribution in [2.45, 2.75) is 33.1 Å². The predicted molar refractivity (Wildman–Crippen MR) is 81.3 cm³/mol. The Balaban J connectivity index is 1.75. The van der Waals surface area contributed by atoms with Gasteiger partial charge in [0, 0.05) is 6.42 Å². The number of methoxy groups -OCH3 is 1. The Morgan fingerprint density at radius 3 is 2.38 bits per heavy atom. The minimum Gasteiger partial charge on any atom is -0.497 e. The molecule has 2 aliphatic rings. The quantitative estimate of drug-likeness (QED) is 0.785. The van der Waals surface area contributed by atoms with Crippen LogP contribution in [0.4, 0.5) is 0 Å². The topological polar surface area (TPSA) is 35.5 Å². The van der Waals surface area contributed by atoms with E-state index in [0.29, 0.717) is 11.7 Å². The summed E-state index contributed by atoms with van der Waals surface area (Å²) in [6.07, 6.45) is 6.50. The van der Waals surface area contributed by atoms with E-state index in [1.54, 1.807) is 13.4 Å². The summed E-state index contributed by atoms with van der Waals surface area (Å²) in [5.74, 6) is 2.45. The van der Waals surface area contributed by atoms with E-state index in [0.717, 1.165) is 30.8 Å². The maximum absolute atomic E-state index is 12.4. The zero-order valence-electron chi connectivity index (χ0n) is 12.9. The van der Waals surface area contributed by atoms with Crippen molar-refractivity contribution in [1.82, 2.24) is 0 Å². The van der Waals surface area contributed by atoms with Gasteiger partial charge in [-0.2, -0.15) is 0 Å². The van der Waals surface area contributed by atoms with Crippen molar-refractivity contribution in [3.8, 4) is 11.5 Å². The summed E-state index contributed by atoms with van der Waals surface area (Å²) < 4.78 is 10.8. The summed E-state index contributed by atoms with van der Waals surface area (Å²) in [4.78, 5) is 12.4. The third kappa shape index (κ3) is 2.06. The highest BCUT2D eigenvalue weighted by molar-refractivity contribution is 5.91. The molecule has 1 aromatic carbocycles. The van der Waals surface area contributed by atoms with Crippen molar-refractivity contribution in [2.24, 2.45) is 16.7 Å². The fraction of sp³-hybridized carbons (Fsp3) is 0.500. The second-order valence-corrected chi connectivity index (χ2v) is 6.65. The van der Waals surface area contributed by atoms with Crippen molar-refractivity contribution in [3.63, 3.8) is 0 Å². The summed E-state index contributed by atoms with van der Waals surface area (Å²) in [6, 6.07) is 7.44. The zero-order valence-corrected chi connectivity index (χ0v) is 12.9. The molecule has 2 fully saturated rings. The molecule has 112 valence electrons. The molecule has 2 bridgehead atoms. The first-order valence-electron chi connectivity index (χ1n) is 7.51. The van der Waals surface area contributed by atoms with E-state index in [2.05, 4.69) is 13.8 Å². The number of allylic oxidation sites excluding steroid dienone is 1. The highest BCUT2D eigenvalue weighted by atomic mass is 16.5. The largest absolute Gasteiger partial charge is 0.497 e. The second-order valence-electron chi connectivity index (χ2n) is 6.65. The van der Waals surface area contributed by atoms with Gasteiger partial charge in [-0.3, -0.25) is 4.79 Å². The molecule has 0 N–H and O–H groups in total. The molecule has 3 nitrogen and oxygen atoms in total. The number of hydrogen-bond acceptors (Lipinski definition) is 3. The number of carbonyl (C=O) groups is 1. The molecule has 2 aliphatic carbocycles. The van der Waals surface area contributed by atoms with Crippen LogP contribution in [0.5, 0.6) is 11.5 Å². The SMILES string of the molecule is COc1ccc(OC=CC23CCC(CC2=O)C3(C)C)cc1. The lowest BCUT2D eigenvalue weighted by molar-refractivity contribution is -0.126. The van der Waals surface area contributed by atoms with Gasteiger partial charge in [0.15, 0.2) is 0 Å². The maximum atomic E-state index is 12.4. The smallest absolute Gasteiger partial charge is 0.143 e. The highest BCUT2D eigenvalue weighted by Gasteiger charge is 2.62. The normalized spacial score (nSPS) is 30.0. The van der Waals surface area contributed by atoms with E-state index >= 15 is 0 Å². The molecule has 21 heavy (non-hydrogen) atoms. The predicted octanol–water partition coefficient (Wildman–Crippen LogP) is 3.98. The van der Waals surface area contributed by atoms with Crippen LogP contribution in [0.2, 0.25) is 0 Å². The summed E-state index contributed by atoms with van der Waals surface area (Å²) in [6.45, 7) is 4.43. The molecule has 1 aromatic rings. The lowest BCUT2D eigenvalue weighted by atomic mass is 9.69. The standard InChI is InChI=1S/C18H22O3/c1-17(2)13-8-9-18(17,16(19)12-13)10-11-21-15-6-4-14(20-3)5-7-15/h4-7,10-11,13H,8-9,12H2,1-3H3. The Bertz CT molecular complexity index is 571. The van der Waals surface area contributed by atoms with E-state index in [1.165, 1.54) is 0 Å². The Labute approximate surface area is 125 Å². The van der Waals surface area contributed by atoms with Crippen LogP contribution in [0.1, 0.15) is 33.1 Å². The van der Waals surface area contributed by atoms with Gasteiger partial charge in [-0.15, -0.1) is 0 Å². The molecule has 0 saturated heterocycles. The highest BCUT2D eigenvalue weighted by Crippen LogP contribution is 2.64. The van der Waals surface area contributed by atoms with E-state index in [-0.39, 0.29) is 10.8 Å². The molecule has 0 spiro atoms. The molecular formula is C18H22O3. The summed E-state index contributed by atoms with van der Waals surface area (Å²) >= 11 is 0. The second kappa shape index (κ2) is 4.90. The number of fused-ring (bicyclic) bond motifs is 2. The van der Waals surface area contributed by atoms with Gasteiger partial charge in [-0.1, -0.05) is 13.8 Å². The van der Waals surface area contributed by atoms with E-state index in [1.807, 2.05) is 30.3 Å². The zero-order chi connectivity index (χ0) is 15.1. The third-order valence-corrected chi connectivity index (χ3v) is 5.60. The van der Waals surface area contributed by atoms with Gasteiger partial charge in [0.2, 0.25) is 0 Å². The van der Waals surface area contributed by atoms with Crippen LogP contribution in [-0.4, -0.2) is 12.9 Å². The first kappa shape index (κ1) is 14.2. The van der Waals surface area contributed by atoms with Crippen molar-refractivity contribution in [1.29, 1.82) is 0 Å². The minimum absolute atomic E-state index is 0.0455. The lowest BCUT2D eigenvalue weighted by Crippen LogP contribution is -2.33. The van der Waals surface area contributed by atoms with Gasteiger partial charge in [0.1, 0.15) is 17.3 Å². The Morgan fingerprint density at radius 1 is 1.19 bits per heavy atom. The number of benzene rings is 1. The van der Waals surface area contributed by atoms with Crippen LogP contribution in [0, 0.1) is 16.7 Å². The number of ether oxygens (including phenoxy) is 2. The minimum atomic E-state index is -0.329. The van der Waals surface area contributed by atoms with Crippen molar-refractivity contribution in [2.75, 3.05) is 7.11 Å². The Hall–Kier alpha value is -1.77. The number of rotatable bonds is 4. The molecule has 0 aromatic heterocycles. The van der Waals surface area contributed by atoms with Gasteiger partial charge >= 0.3 is 0 Å². The van der Waals surface area contributed by atoms with E-state index in [9.17, 15) is 4.79 Å². The van der Waals surface area contributed by atoms with Crippen LogP contribution in [0.15, 0.2) is 36.6 Å². The molecule has 0 aliphatic heterocycles. The number of Topliss-reactive ketones (excluding diaryl/α,β-unsaturated/α-hetero) is 1. The van der Waals surface area contributed by atoms with Gasteiger partial charge in [-0.25, -0.2) is 0 Å². The van der Waals surface area contributed by atoms with Crippen LogP contribution in [-0.2, 0) is 4.79 Å². The van der Waals surface area contributed by atoms with Crippen LogP contribution in [0.25, 0.3) is 0 Å². The molecule has 0 heterocycles. The molecule has 0 radical (unpaired) electrons. The van der Waals surface area contributed by atoms with Gasteiger partial charge < -0.3 is 9.47 Å². The maximum Gasteiger partial charge on any atom is 0.143 e. The van der Waals surface area contributed by atoms with Crippen molar-refractivity contribution in [3.05, 3.63) is 36.6 Å². The summed E-state index contributed by atoms with van der Waals surface area (Å²) in [5, 5.41) is 0. The fourth-order valence-electron chi connectivity index (χ4n) is 3.99. The molecule has 2 unspecified atom stereocenters. The molecule has 3 heteroatoms. The Kier molecular flexibility index (Phi) is 3.31. The first-order valence-corrected chi connectivity index (χ1v) is 7.51. The third-order valence-electron chi connectivity index (χ3n) is 5.60. The van der Waals surface area contributed by atoms with Gasteiger partial charge in [0.25, 0.3) is 0 Å². The summed E-state index contributed by atoms with van der Waals surface area (Å²) in [5.41, 5.74) is -0.284.